The van der Waals surface area contributed by atoms with Gasteiger partial charge in [-0.25, -0.2) is 4.79 Å². The molecule has 0 saturated carbocycles. The van der Waals surface area contributed by atoms with Gasteiger partial charge in [-0.15, -0.1) is 0 Å². The summed E-state index contributed by atoms with van der Waals surface area (Å²) < 4.78 is 0. The van der Waals surface area contributed by atoms with Gasteiger partial charge in [0.25, 0.3) is 0 Å². The fourth-order valence-electron chi connectivity index (χ4n) is 2.73. The fourth-order valence-corrected chi connectivity index (χ4v) is 3.20. The van der Waals surface area contributed by atoms with Gasteiger partial charge in [-0.05, 0) is 43.6 Å². The van der Waals surface area contributed by atoms with Crippen molar-refractivity contribution in [3.63, 3.8) is 0 Å². The van der Waals surface area contributed by atoms with Gasteiger partial charge in [0.05, 0.1) is 6.10 Å². The number of carboxylic acid groups (broad SMARTS) is 1. The minimum Gasteiger partial charge on any atom is -0.480 e. The Morgan fingerprint density at radius 2 is 1.45 bits per heavy atom. The minimum absolute atomic E-state index is 0.0492. The van der Waals surface area contributed by atoms with E-state index in [2.05, 4.69) is 16.0 Å². The molecule has 0 aromatic rings. The Kier molecular flexibility index (Phi) is 13.4. The number of amides is 3. The van der Waals surface area contributed by atoms with Crippen molar-refractivity contribution in [2.75, 3.05) is 12.0 Å². The molecule has 10 nitrogen and oxygen atoms in total. The zero-order valence-corrected chi connectivity index (χ0v) is 20.0. The minimum atomic E-state index is -1.19. The third kappa shape index (κ3) is 10.8. The molecule has 0 radical (unpaired) electrons. The molecule has 0 aromatic carbocycles. The molecule has 7 N–H and O–H groups in total. The second-order valence-corrected chi connectivity index (χ2v) is 9.35. The zero-order valence-electron chi connectivity index (χ0n) is 19.2. The highest BCUT2D eigenvalue weighted by Gasteiger charge is 2.32. The van der Waals surface area contributed by atoms with E-state index in [1.807, 2.05) is 20.1 Å². The summed E-state index contributed by atoms with van der Waals surface area (Å²) >= 11 is 1.47. The summed E-state index contributed by atoms with van der Waals surface area (Å²) in [4.78, 5) is 49.3. The van der Waals surface area contributed by atoms with Gasteiger partial charge in [0.15, 0.2) is 0 Å². The Bertz CT molecular complexity index is 614. The zero-order chi connectivity index (χ0) is 24.3. The molecule has 31 heavy (non-hydrogen) atoms. The molecule has 0 aliphatic rings. The van der Waals surface area contributed by atoms with Crippen LogP contribution in [0.4, 0.5) is 0 Å². The van der Waals surface area contributed by atoms with Crippen molar-refractivity contribution in [3.05, 3.63) is 0 Å². The van der Waals surface area contributed by atoms with Crippen LogP contribution < -0.4 is 21.7 Å². The number of nitrogens with two attached hydrogens (primary N) is 1. The van der Waals surface area contributed by atoms with Crippen molar-refractivity contribution in [3.8, 4) is 0 Å². The lowest BCUT2D eigenvalue weighted by Gasteiger charge is -2.28. The molecular formula is C20H38N4O6S. The van der Waals surface area contributed by atoms with E-state index in [0.29, 0.717) is 12.2 Å². The van der Waals surface area contributed by atoms with Crippen molar-refractivity contribution in [1.82, 2.24) is 16.0 Å². The Hall–Kier alpha value is -1.85. The molecule has 0 rings (SSSR count). The number of rotatable bonds is 14. The molecule has 0 aliphatic heterocycles. The second kappa shape index (κ2) is 14.3. The monoisotopic (exact) mass is 462 g/mol. The van der Waals surface area contributed by atoms with Crippen molar-refractivity contribution in [2.45, 2.75) is 77.7 Å². The van der Waals surface area contributed by atoms with Crippen molar-refractivity contribution >= 4 is 35.5 Å². The third-order valence-corrected chi connectivity index (χ3v) is 5.28. The number of nitrogens with one attached hydrogen (secondary N) is 3. The molecule has 0 fully saturated rings. The first-order valence-corrected chi connectivity index (χ1v) is 11.8. The summed E-state index contributed by atoms with van der Waals surface area (Å²) in [7, 11) is 0. The van der Waals surface area contributed by atoms with Gasteiger partial charge in [0, 0.05) is 0 Å². The van der Waals surface area contributed by atoms with Crippen molar-refractivity contribution in [2.24, 2.45) is 17.6 Å². The van der Waals surface area contributed by atoms with Crippen LogP contribution in [0, 0.1) is 11.8 Å². The van der Waals surface area contributed by atoms with Crippen LogP contribution in [0.5, 0.6) is 0 Å². The molecule has 3 amide bonds. The molecule has 0 saturated heterocycles. The van der Waals surface area contributed by atoms with E-state index in [-0.39, 0.29) is 18.3 Å². The SMILES string of the molecule is CSCCC(NC(=O)C(NC(=O)C(CC(C)C)NC(=O)C(N)C(C)O)C(C)C)C(=O)O. The third-order valence-electron chi connectivity index (χ3n) is 4.63. The first-order chi connectivity index (χ1) is 14.3. The number of hydrogen-bond donors (Lipinski definition) is 6. The molecule has 11 heteroatoms. The lowest BCUT2D eigenvalue weighted by Crippen LogP contribution is -2.59. The highest BCUT2D eigenvalue weighted by atomic mass is 32.2. The van der Waals surface area contributed by atoms with E-state index in [4.69, 9.17) is 5.73 Å². The molecule has 0 bridgehead atoms. The molecule has 0 spiro atoms. The lowest BCUT2D eigenvalue weighted by atomic mass is 9.99. The van der Waals surface area contributed by atoms with Gasteiger partial charge >= 0.3 is 5.97 Å². The molecule has 0 aliphatic carbocycles. The predicted molar refractivity (Wildman–Crippen MR) is 120 cm³/mol. The Balaban J connectivity index is 5.39. The molecule has 180 valence electrons. The smallest absolute Gasteiger partial charge is 0.326 e. The number of thioether (sulfide) groups is 1. The summed E-state index contributed by atoms with van der Waals surface area (Å²) in [6.07, 6.45) is 1.29. The van der Waals surface area contributed by atoms with E-state index in [9.17, 15) is 29.4 Å². The standard InChI is InChI=1S/C20H38N4O6S/c1-10(2)9-14(23-18(27)15(21)12(5)25)17(26)24-16(11(3)4)19(28)22-13(20(29)30)7-8-31-6/h10-16,25H,7-9,21H2,1-6H3,(H,22,28)(H,23,27)(H,24,26)(H,29,30). The average Bonchev–Trinajstić information content (AvgIpc) is 2.66. The maximum absolute atomic E-state index is 12.9. The molecule has 5 atom stereocenters. The largest absolute Gasteiger partial charge is 0.480 e. The fraction of sp³-hybridized carbons (Fsp3) is 0.800. The van der Waals surface area contributed by atoms with Crippen LogP contribution in [0.2, 0.25) is 0 Å². The van der Waals surface area contributed by atoms with Gasteiger partial charge in [-0.2, -0.15) is 11.8 Å². The molecule has 5 unspecified atom stereocenters. The Morgan fingerprint density at radius 1 is 0.903 bits per heavy atom. The van der Waals surface area contributed by atoms with Crippen molar-refractivity contribution < 1.29 is 29.4 Å². The number of carbonyl (C=O) groups excluding carboxylic acids is 3. The predicted octanol–water partition coefficient (Wildman–Crippen LogP) is -0.311. The van der Waals surface area contributed by atoms with Crippen LogP contribution in [0.1, 0.15) is 47.5 Å². The van der Waals surface area contributed by atoms with Crippen LogP contribution in [0.3, 0.4) is 0 Å². The number of carbonyl (C=O) groups is 4. The topological polar surface area (TPSA) is 171 Å². The van der Waals surface area contributed by atoms with Gasteiger partial charge in [-0.1, -0.05) is 27.7 Å². The highest BCUT2D eigenvalue weighted by molar-refractivity contribution is 7.98. The summed E-state index contributed by atoms with van der Waals surface area (Å²) in [5.74, 6) is -2.72. The van der Waals surface area contributed by atoms with E-state index >= 15 is 0 Å². The van der Waals surface area contributed by atoms with Gasteiger partial charge < -0.3 is 31.9 Å². The summed E-state index contributed by atoms with van der Waals surface area (Å²) in [5.41, 5.74) is 5.64. The Morgan fingerprint density at radius 3 is 1.87 bits per heavy atom. The summed E-state index contributed by atoms with van der Waals surface area (Å²) in [6, 6.07) is -4.20. The molecule has 0 aromatic heterocycles. The number of aliphatic hydroxyl groups excluding tert-OH is 1. The quantitative estimate of drug-likeness (QED) is 0.204. The number of aliphatic hydroxyl groups is 1. The van der Waals surface area contributed by atoms with E-state index < -0.39 is 54.0 Å². The van der Waals surface area contributed by atoms with Crippen LogP contribution in [0.25, 0.3) is 0 Å². The summed E-state index contributed by atoms with van der Waals surface area (Å²) in [5, 5.41) is 26.5. The van der Waals surface area contributed by atoms with E-state index in [0.717, 1.165) is 0 Å². The highest BCUT2D eigenvalue weighted by Crippen LogP contribution is 2.09. The average molecular weight is 463 g/mol. The van der Waals surface area contributed by atoms with Gasteiger partial charge in [0.1, 0.15) is 24.2 Å². The van der Waals surface area contributed by atoms with Crippen LogP contribution in [-0.4, -0.2) is 76.2 Å². The van der Waals surface area contributed by atoms with Crippen LogP contribution in [0.15, 0.2) is 0 Å². The molecular weight excluding hydrogens is 424 g/mol. The van der Waals surface area contributed by atoms with Gasteiger partial charge in [-0.3, -0.25) is 14.4 Å². The molecule has 0 heterocycles. The van der Waals surface area contributed by atoms with Crippen LogP contribution >= 0.6 is 11.8 Å². The second-order valence-electron chi connectivity index (χ2n) is 8.37. The first kappa shape index (κ1) is 29.1. The Labute approximate surface area is 188 Å². The lowest BCUT2D eigenvalue weighted by molar-refractivity contribution is -0.142. The van der Waals surface area contributed by atoms with E-state index in [1.165, 1.54) is 18.7 Å². The maximum atomic E-state index is 12.9. The van der Waals surface area contributed by atoms with Crippen molar-refractivity contribution in [1.29, 1.82) is 0 Å². The van der Waals surface area contributed by atoms with Crippen LogP contribution in [-0.2, 0) is 19.2 Å². The normalized spacial score (nSPS) is 16.2. The maximum Gasteiger partial charge on any atom is 0.326 e. The number of hydrogen-bond acceptors (Lipinski definition) is 7. The number of aliphatic carboxylic acids is 1. The summed E-state index contributed by atoms with van der Waals surface area (Å²) in [6.45, 7) is 8.56. The van der Waals surface area contributed by atoms with E-state index in [1.54, 1.807) is 13.8 Å². The number of carboxylic acids is 1. The first-order valence-electron chi connectivity index (χ1n) is 10.4. The van der Waals surface area contributed by atoms with Gasteiger partial charge in [0.2, 0.25) is 17.7 Å².